The molecule has 2 aromatic carbocycles. The number of sulfonamides is 1. The van der Waals surface area contributed by atoms with E-state index in [0.717, 1.165) is 12.1 Å². The van der Waals surface area contributed by atoms with E-state index in [-0.39, 0.29) is 23.7 Å². The van der Waals surface area contributed by atoms with Gasteiger partial charge in [0.1, 0.15) is 16.9 Å². The number of rotatable bonds is 5. The van der Waals surface area contributed by atoms with Gasteiger partial charge in [0, 0.05) is 23.7 Å². The number of nitrogens with one attached hydrogen (secondary N) is 1. The second-order valence-corrected chi connectivity index (χ2v) is 9.26. The average Bonchev–Trinajstić information content (AvgIpc) is 2.68. The van der Waals surface area contributed by atoms with E-state index in [0.29, 0.717) is 18.4 Å². The van der Waals surface area contributed by atoms with E-state index in [4.69, 9.17) is 5.84 Å². The van der Waals surface area contributed by atoms with Gasteiger partial charge in [-0.15, -0.1) is 0 Å². The lowest BCUT2D eigenvalue weighted by atomic mass is 10.0. The molecule has 1 fully saturated rings. The molecule has 6 nitrogen and oxygen atoms in total. The fraction of sp³-hybridized carbons (Fsp3) is 0.350. The van der Waals surface area contributed by atoms with Crippen molar-refractivity contribution in [3.63, 3.8) is 0 Å². The average molecular weight is 423 g/mol. The number of nitrogens with two attached hydrogens (primary N) is 1. The molecule has 3 N–H and O–H groups in total. The van der Waals surface area contributed by atoms with Crippen molar-refractivity contribution in [2.24, 2.45) is 5.84 Å². The zero-order valence-corrected chi connectivity index (χ0v) is 16.8. The highest BCUT2D eigenvalue weighted by Crippen LogP contribution is 2.38. The van der Waals surface area contributed by atoms with Gasteiger partial charge in [0.15, 0.2) is 0 Å². The normalized spacial score (nSPS) is 21.7. The van der Waals surface area contributed by atoms with Gasteiger partial charge in [-0.1, -0.05) is 30.3 Å². The topological polar surface area (TPSA) is 92.5 Å². The molecule has 0 aromatic heterocycles. The number of hydrogen-bond donors (Lipinski definition) is 2. The third-order valence-electron chi connectivity index (χ3n) is 5.25. The number of hydrogen-bond acceptors (Lipinski definition) is 4. The first-order valence-electron chi connectivity index (χ1n) is 9.26. The quantitative estimate of drug-likeness (QED) is 0.439. The summed E-state index contributed by atoms with van der Waals surface area (Å²) in [6.07, 6.45) is 0.666. The van der Waals surface area contributed by atoms with E-state index < -0.39 is 39.2 Å². The maximum Gasteiger partial charge on any atom is 0.238 e. The fourth-order valence-corrected chi connectivity index (χ4v) is 5.82. The van der Waals surface area contributed by atoms with Crippen LogP contribution in [0.15, 0.2) is 42.5 Å². The van der Waals surface area contributed by atoms with E-state index in [1.54, 1.807) is 31.2 Å². The van der Waals surface area contributed by atoms with Crippen molar-refractivity contribution >= 4 is 15.9 Å². The Kier molecular flexibility index (Phi) is 6.30. The molecule has 9 heteroatoms. The molecule has 1 saturated heterocycles. The summed E-state index contributed by atoms with van der Waals surface area (Å²) in [5, 5.41) is -0.722. The number of benzene rings is 2. The number of carbonyl (C=O) groups is 1. The van der Waals surface area contributed by atoms with Crippen LogP contribution in [0.4, 0.5) is 8.78 Å². The second-order valence-electron chi connectivity index (χ2n) is 7.20. The molecule has 0 saturated carbocycles. The monoisotopic (exact) mass is 423 g/mol. The minimum Gasteiger partial charge on any atom is -0.294 e. The minimum absolute atomic E-state index is 0.0801. The van der Waals surface area contributed by atoms with Crippen LogP contribution in [0.1, 0.15) is 41.7 Å². The summed E-state index contributed by atoms with van der Waals surface area (Å²) in [4.78, 5) is 11.3. The lowest BCUT2D eigenvalue weighted by Crippen LogP contribution is -2.44. The summed E-state index contributed by atoms with van der Waals surface area (Å²) in [6.45, 7) is 1.48. The number of hydrazine groups is 1. The Hall–Kier alpha value is -2.36. The molecule has 156 valence electrons. The zero-order valence-electron chi connectivity index (χ0n) is 15.9. The third-order valence-corrected chi connectivity index (χ3v) is 7.62. The van der Waals surface area contributed by atoms with Gasteiger partial charge in [-0.3, -0.25) is 10.2 Å². The predicted molar refractivity (Wildman–Crippen MR) is 105 cm³/mol. The van der Waals surface area contributed by atoms with Crippen LogP contribution in [0.5, 0.6) is 0 Å². The van der Waals surface area contributed by atoms with Crippen LogP contribution in [-0.2, 0) is 27.8 Å². The van der Waals surface area contributed by atoms with Gasteiger partial charge in [0.2, 0.25) is 15.9 Å². The van der Waals surface area contributed by atoms with Crippen LogP contribution in [0.2, 0.25) is 0 Å². The summed E-state index contributed by atoms with van der Waals surface area (Å²) in [6, 6.07) is 10.4. The molecule has 0 radical (unpaired) electrons. The highest BCUT2D eigenvalue weighted by atomic mass is 32.2. The Bertz CT molecular complexity index is 1000. The van der Waals surface area contributed by atoms with E-state index >= 15 is 0 Å². The predicted octanol–water partition coefficient (Wildman–Crippen LogP) is 2.55. The molecule has 29 heavy (non-hydrogen) atoms. The number of halogens is 2. The van der Waals surface area contributed by atoms with E-state index in [1.165, 1.54) is 4.31 Å². The molecule has 0 bridgehead atoms. The molecule has 1 aliphatic heterocycles. The van der Waals surface area contributed by atoms with Crippen LogP contribution in [0, 0.1) is 11.6 Å². The molecule has 2 atom stereocenters. The SMILES string of the molecule is C[C@H]1CC[C@H](c2ccccc2)S(=O)(=O)N1Cc1cc(F)c(CC(=O)NN)cc1F. The largest absolute Gasteiger partial charge is 0.294 e. The summed E-state index contributed by atoms with van der Waals surface area (Å²) >= 11 is 0. The van der Waals surface area contributed by atoms with Crippen LogP contribution < -0.4 is 11.3 Å². The Balaban J connectivity index is 1.90. The standard InChI is InChI=1S/C20H23F2N3O3S/c1-13-7-8-19(14-5-3-2-4-6-14)29(27,28)25(13)12-16-10-17(21)15(9-18(16)22)11-20(26)24-23/h2-6,9-10,13,19H,7-8,11-12,23H2,1H3,(H,24,26)/t13-,19+/m0/s1. The number of carbonyl (C=O) groups excluding carboxylic acids is 1. The Morgan fingerprint density at radius 2 is 1.76 bits per heavy atom. The molecule has 1 heterocycles. The molecule has 0 unspecified atom stereocenters. The zero-order chi connectivity index (χ0) is 21.2. The van der Waals surface area contributed by atoms with Crippen LogP contribution in [-0.4, -0.2) is 24.7 Å². The highest BCUT2D eigenvalue weighted by Gasteiger charge is 2.40. The first-order chi connectivity index (χ1) is 13.7. The fourth-order valence-electron chi connectivity index (χ4n) is 3.63. The summed E-state index contributed by atoms with van der Waals surface area (Å²) in [7, 11) is -3.76. The smallest absolute Gasteiger partial charge is 0.238 e. The highest BCUT2D eigenvalue weighted by molar-refractivity contribution is 7.89. The van der Waals surface area contributed by atoms with Crippen molar-refractivity contribution in [1.29, 1.82) is 0 Å². The first-order valence-corrected chi connectivity index (χ1v) is 10.8. The van der Waals surface area contributed by atoms with E-state index in [9.17, 15) is 22.0 Å². The van der Waals surface area contributed by atoms with Crippen LogP contribution in [0.3, 0.4) is 0 Å². The van der Waals surface area contributed by atoms with Gasteiger partial charge in [-0.25, -0.2) is 23.0 Å². The maximum atomic E-state index is 14.6. The molecule has 1 aliphatic rings. The number of amides is 1. The third kappa shape index (κ3) is 4.47. The maximum absolute atomic E-state index is 14.6. The molecular formula is C20H23F2N3O3S. The molecule has 2 aromatic rings. The van der Waals surface area contributed by atoms with Crippen molar-refractivity contribution in [3.05, 3.63) is 70.8 Å². The van der Waals surface area contributed by atoms with Crippen molar-refractivity contribution in [3.8, 4) is 0 Å². The van der Waals surface area contributed by atoms with Crippen LogP contribution in [0.25, 0.3) is 0 Å². The Morgan fingerprint density at radius 3 is 2.41 bits per heavy atom. The van der Waals surface area contributed by atoms with E-state index in [2.05, 4.69) is 0 Å². The Labute approximate surface area is 168 Å². The molecule has 0 spiro atoms. The van der Waals surface area contributed by atoms with Gasteiger partial charge in [0.05, 0.1) is 6.42 Å². The number of nitrogens with zero attached hydrogens (tertiary/aromatic N) is 1. The molecule has 0 aliphatic carbocycles. The molecular weight excluding hydrogens is 400 g/mol. The van der Waals surface area contributed by atoms with Crippen LogP contribution >= 0.6 is 0 Å². The van der Waals surface area contributed by atoms with Crippen molar-refractivity contribution < 1.29 is 22.0 Å². The second kappa shape index (κ2) is 8.56. The van der Waals surface area contributed by atoms with Gasteiger partial charge in [-0.2, -0.15) is 4.31 Å². The summed E-state index contributed by atoms with van der Waals surface area (Å²) < 4.78 is 56.6. The van der Waals surface area contributed by atoms with Crippen molar-refractivity contribution in [2.45, 2.75) is 44.0 Å². The summed E-state index contributed by atoms with van der Waals surface area (Å²) in [5.74, 6) is 2.77. The van der Waals surface area contributed by atoms with Crippen molar-refractivity contribution in [2.75, 3.05) is 0 Å². The van der Waals surface area contributed by atoms with Gasteiger partial charge < -0.3 is 0 Å². The summed E-state index contributed by atoms with van der Waals surface area (Å²) in [5.41, 5.74) is 2.31. The first kappa shape index (κ1) is 21.4. The van der Waals surface area contributed by atoms with Crippen molar-refractivity contribution in [1.82, 2.24) is 9.73 Å². The minimum atomic E-state index is -3.76. The lowest BCUT2D eigenvalue weighted by Gasteiger charge is -2.37. The van der Waals surface area contributed by atoms with E-state index in [1.807, 2.05) is 11.5 Å². The molecule has 3 rings (SSSR count). The van der Waals surface area contributed by atoms with Gasteiger partial charge >= 0.3 is 0 Å². The van der Waals surface area contributed by atoms with Gasteiger partial charge in [-0.05, 0) is 37.5 Å². The van der Waals surface area contributed by atoms with Gasteiger partial charge in [0.25, 0.3) is 0 Å². The lowest BCUT2D eigenvalue weighted by molar-refractivity contribution is -0.120. The Morgan fingerprint density at radius 1 is 1.14 bits per heavy atom. The molecule has 1 amide bonds.